The second-order valence-corrected chi connectivity index (χ2v) is 5.49. The molecule has 0 unspecified atom stereocenters. The Morgan fingerprint density at radius 3 is 2.67 bits per heavy atom. The number of hydrogen-bond donors (Lipinski definition) is 1. The summed E-state index contributed by atoms with van der Waals surface area (Å²) < 4.78 is 0. The van der Waals surface area contributed by atoms with Crippen molar-refractivity contribution in [3.05, 3.63) is 23.8 Å². The number of allylic oxidation sites excluding steroid dienone is 2. The highest BCUT2D eigenvalue weighted by molar-refractivity contribution is 6.52. The summed E-state index contributed by atoms with van der Waals surface area (Å²) in [5.74, 6) is 2.79. The lowest BCUT2D eigenvalue weighted by Crippen LogP contribution is -2.58. The number of carbonyl (C=O) groups is 1. The predicted octanol–water partition coefficient (Wildman–Crippen LogP) is 0.216. The number of ketones is 1. The first-order valence-electron chi connectivity index (χ1n) is 6.48. The third-order valence-corrected chi connectivity index (χ3v) is 3.86. The van der Waals surface area contributed by atoms with Gasteiger partial charge < -0.3 is 5.32 Å². The second-order valence-electron chi connectivity index (χ2n) is 5.49. The fourth-order valence-corrected chi connectivity index (χ4v) is 2.84. The molecule has 0 aromatic carbocycles. The van der Waals surface area contributed by atoms with Crippen molar-refractivity contribution in [3.63, 3.8) is 0 Å². The minimum Gasteiger partial charge on any atom is -0.304 e. The summed E-state index contributed by atoms with van der Waals surface area (Å²) in [6.45, 7) is 1.94. The Hall–Kier alpha value is -1.20. The fourth-order valence-electron chi connectivity index (χ4n) is 2.84. The first kappa shape index (κ1) is 14.9. The highest BCUT2D eigenvalue weighted by atomic mass is 16.1. The molecule has 0 aliphatic heterocycles. The van der Waals surface area contributed by atoms with Crippen LogP contribution in [0.25, 0.3) is 0 Å². The maximum Gasteiger partial charge on any atom is 0.148 e. The van der Waals surface area contributed by atoms with Crippen molar-refractivity contribution in [3.8, 4) is 12.3 Å². The van der Waals surface area contributed by atoms with Crippen molar-refractivity contribution in [2.24, 2.45) is 0 Å². The van der Waals surface area contributed by atoms with E-state index >= 15 is 0 Å². The maximum atomic E-state index is 12.8. The highest BCUT2D eigenvalue weighted by Gasteiger charge is 2.48. The lowest BCUT2D eigenvalue weighted by atomic mass is 9.44. The van der Waals surface area contributed by atoms with Crippen LogP contribution in [0.3, 0.4) is 0 Å². The molecule has 1 saturated carbocycles. The topological polar surface area (TPSA) is 29.1 Å². The van der Waals surface area contributed by atoms with Gasteiger partial charge in [0.25, 0.3) is 0 Å². The Morgan fingerprint density at radius 2 is 2.17 bits per heavy atom. The largest absolute Gasteiger partial charge is 0.304 e. The number of Topliss-reactive ketones (excluding diaryl/α,β-unsaturated/α-hetero) is 1. The Balaban J connectivity index is 3.31. The number of hydrogen-bond acceptors (Lipinski definition) is 2. The Morgan fingerprint density at radius 1 is 1.50 bits per heavy atom. The number of likely N-dealkylation sites (N-methyl/N-ethyl adjacent to an activating group) is 1. The molecule has 1 aliphatic rings. The molecule has 0 bridgehead atoms. The van der Waals surface area contributed by atoms with Crippen LogP contribution < -0.4 is 5.32 Å². The zero-order chi connectivity index (χ0) is 13.8. The molecule has 0 heterocycles. The highest BCUT2D eigenvalue weighted by Crippen LogP contribution is 2.42. The van der Waals surface area contributed by atoms with Crippen LogP contribution in [-0.2, 0) is 4.79 Å². The van der Waals surface area contributed by atoms with Gasteiger partial charge in [-0.3, -0.25) is 4.79 Å². The van der Waals surface area contributed by atoms with Crippen molar-refractivity contribution in [2.45, 2.75) is 36.9 Å². The summed E-state index contributed by atoms with van der Waals surface area (Å²) in [6, 6.07) is 0. The number of carbonyl (C=O) groups excluding carboxylic acids is 1. The third-order valence-electron chi connectivity index (χ3n) is 3.86. The van der Waals surface area contributed by atoms with Gasteiger partial charge in [-0.15, -0.1) is 6.42 Å². The average Bonchev–Trinajstić information content (AvgIpc) is 2.33. The third kappa shape index (κ3) is 2.47. The van der Waals surface area contributed by atoms with Crippen molar-refractivity contribution in [2.75, 3.05) is 7.05 Å². The molecule has 1 fully saturated rings. The maximum absolute atomic E-state index is 12.8. The number of terminal acetylenes is 1. The monoisotopic (exact) mass is 241 g/mol. The molecule has 0 spiro atoms. The van der Waals surface area contributed by atoms with E-state index in [1.807, 2.05) is 41.8 Å². The zero-order valence-electron chi connectivity index (χ0n) is 11.8. The van der Waals surface area contributed by atoms with Gasteiger partial charge in [0.15, 0.2) is 0 Å². The van der Waals surface area contributed by atoms with Gasteiger partial charge >= 0.3 is 0 Å². The molecule has 1 atom stereocenters. The van der Waals surface area contributed by atoms with Gasteiger partial charge in [0.2, 0.25) is 0 Å². The molecule has 0 aromatic heterocycles. The first-order chi connectivity index (χ1) is 8.44. The van der Waals surface area contributed by atoms with Gasteiger partial charge in [0, 0.05) is 0 Å². The van der Waals surface area contributed by atoms with Crippen LogP contribution >= 0.6 is 0 Å². The molecule has 1 rings (SSSR count). The Bertz CT molecular complexity index is 432. The standard InChI is InChI=1S/C14H21B2NO/c1-4-7-11(8-5-2)13(17-3)9-6-10-14(15,16)12(13)18/h1,5,7-8,17H,6,9-10,15-16H2,2-3H3/b8-5-,11-7+/t13-/m1/s1. The van der Waals surface area contributed by atoms with Gasteiger partial charge in [-0.25, -0.2) is 0 Å². The van der Waals surface area contributed by atoms with Gasteiger partial charge in [-0.1, -0.05) is 30.9 Å². The summed E-state index contributed by atoms with van der Waals surface area (Å²) in [4.78, 5) is 12.8. The second kappa shape index (κ2) is 5.63. The van der Waals surface area contributed by atoms with Crippen LogP contribution in [0, 0.1) is 12.3 Å². The van der Waals surface area contributed by atoms with Crippen molar-refractivity contribution in [1.82, 2.24) is 5.32 Å². The van der Waals surface area contributed by atoms with E-state index in [1.54, 1.807) is 6.08 Å². The van der Waals surface area contributed by atoms with E-state index in [0.717, 1.165) is 24.8 Å². The van der Waals surface area contributed by atoms with E-state index in [1.165, 1.54) is 0 Å². The molecule has 4 heteroatoms. The quantitative estimate of drug-likeness (QED) is 0.435. The van der Waals surface area contributed by atoms with Crippen molar-refractivity contribution < 1.29 is 4.79 Å². The summed E-state index contributed by atoms with van der Waals surface area (Å²) in [7, 11) is 5.88. The predicted molar refractivity (Wildman–Crippen MR) is 82.2 cm³/mol. The van der Waals surface area contributed by atoms with Crippen molar-refractivity contribution >= 4 is 21.5 Å². The summed E-state index contributed by atoms with van der Waals surface area (Å²) >= 11 is 0. The SMILES string of the molecule is BC1(B)CCC[C@@](NC)(C(/C=C\C)=C/C#C)C1=O. The zero-order valence-corrected chi connectivity index (χ0v) is 11.8. The van der Waals surface area contributed by atoms with Gasteiger partial charge in [0.1, 0.15) is 27.0 Å². The number of nitrogens with one attached hydrogen (secondary N) is 1. The minimum atomic E-state index is -0.624. The molecule has 2 nitrogen and oxygen atoms in total. The van der Waals surface area contributed by atoms with Crippen LogP contribution in [0.15, 0.2) is 23.8 Å². The van der Waals surface area contributed by atoms with E-state index in [-0.39, 0.29) is 11.0 Å². The van der Waals surface area contributed by atoms with Crippen LogP contribution in [-0.4, -0.2) is 34.1 Å². The summed E-state index contributed by atoms with van der Waals surface area (Å²) in [5.41, 5.74) is 0.272. The smallest absolute Gasteiger partial charge is 0.148 e. The lowest BCUT2D eigenvalue weighted by Gasteiger charge is -2.44. The molecular formula is C14H21B2NO. The van der Waals surface area contributed by atoms with E-state index in [2.05, 4.69) is 11.2 Å². The van der Waals surface area contributed by atoms with Gasteiger partial charge in [-0.2, -0.15) is 0 Å². The van der Waals surface area contributed by atoms with E-state index < -0.39 is 5.54 Å². The molecule has 94 valence electrons. The Labute approximate surface area is 112 Å². The van der Waals surface area contributed by atoms with E-state index in [0.29, 0.717) is 0 Å². The van der Waals surface area contributed by atoms with Crippen LogP contribution in [0.4, 0.5) is 0 Å². The fraction of sp³-hybridized carbons (Fsp3) is 0.500. The van der Waals surface area contributed by atoms with Crippen LogP contribution in [0.2, 0.25) is 5.21 Å². The molecule has 0 aromatic rings. The van der Waals surface area contributed by atoms with Crippen molar-refractivity contribution in [1.29, 1.82) is 0 Å². The average molecular weight is 241 g/mol. The molecule has 0 amide bonds. The molecule has 1 N–H and O–H groups in total. The molecule has 1 aliphatic carbocycles. The van der Waals surface area contributed by atoms with E-state index in [4.69, 9.17) is 6.42 Å². The normalized spacial score (nSPS) is 28.3. The lowest BCUT2D eigenvalue weighted by molar-refractivity contribution is -0.126. The van der Waals surface area contributed by atoms with Crippen LogP contribution in [0.5, 0.6) is 0 Å². The minimum absolute atomic E-state index is 0.239. The molecule has 0 radical (unpaired) electrons. The Kier molecular flexibility index (Phi) is 4.65. The van der Waals surface area contributed by atoms with Gasteiger partial charge in [0.05, 0.1) is 0 Å². The summed E-state index contributed by atoms with van der Waals surface area (Å²) in [6.07, 6.45) is 13.7. The summed E-state index contributed by atoms with van der Waals surface area (Å²) in [5, 5.41) is 2.93. The van der Waals surface area contributed by atoms with E-state index in [9.17, 15) is 4.79 Å². The molecule has 18 heavy (non-hydrogen) atoms. The number of rotatable bonds is 3. The molecular weight excluding hydrogens is 220 g/mol. The molecule has 0 saturated heterocycles. The van der Waals surface area contributed by atoms with Gasteiger partial charge in [-0.05, 0) is 37.3 Å². The first-order valence-corrected chi connectivity index (χ1v) is 6.48. The van der Waals surface area contributed by atoms with Crippen LogP contribution in [0.1, 0.15) is 26.2 Å².